The van der Waals surface area contributed by atoms with Gasteiger partial charge in [-0.15, -0.1) is 10.2 Å². The van der Waals surface area contributed by atoms with Crippen molar-refractivity contribution in [1.29, 1.82) is 0 Å². The second-order valence-corrected chi connectivity index (χ2v) is 8.90. The zero-order valence-electron chi connectivity index (χ0n) is 20.1. The molecule has 0 aliphatic heterocycles. The number of amides is 1. The van der Waals surface area contributed by atoms with E-state index < -0.39 is 5.25 Å². The fraction of sp³-hybridized carbons (Fsp3) is 0.360. The lowest BCUT2D eigenvalue weighted by atomic mass is 10.1. The van der Waals surface area contributed by atoms with Crippen LogP contribution in [0.1, 0.15) is 48.1 Å². The highest BCUT2D eigenvalue weighted by atomic mass is 32.2. The monoisotopic (exact) mass is 482 g/mol. The number of hydrogen-bond acceptors (Lipinski definition) is 7. The molecule has 0 aliphatic rings. The largest absolute Gasteiger partial charge is 0.497 e. The summed E-state index contributed by atoms with van der Waals surface area (Å²) < 4.78 is 12.2. The lowest BCUT2D eigenvalue weighted by Gasteiger charge is -2.18. The Morgan fingerprint density at radius 3 is 2.50 bits per heavy atom. The van der Waals surface area contributed by atoms with Gasteiger partial charge in [0.25, 0.3) is 5.91 Å². The standard InChI is InChI=1S/C25H30N4O4S/c1-6-18-10-8-9-16(3)22(18)29-21(27-28-25(29)34-17(4)24(31)33-7-2)15-26-23(30)19-11-13-20(32-5)14-12-19/h8-14,17H,6-7,15H2,1-5H3,(H,26,30)/t17-/m1/s1. The summed E-state index contributed by atoms with van der Waals surface area (Å²) in [7, 11) is 1.58. The Morgan fingerprint density at radius 2 is 1.85 bits per heavy atom. The minimum atomic E-state index is -0.460. The summed E-state index contributed by atoms with van der Waals surface area (Å²) in [5.74, 6) is 0.716. The van der Waals surface area contributed by atoms with Gasteiger partial charge in [0, 0.05) is 5.56 Å². The maximum atomic E-state index is 12.7. The number of nitrogens with zero attached hydrogens (tertiary/aromatic N) is 3. The average molecular weight is 483 g/mol. The number of thioether (sulfide) groups is 1. The van der Waals surface area contributed by atoms with Gasteiger partial charge in [-0.3, -0.25) is 14.2 Å². The molecule has 3 aromatic rings. The van der Waals surface area contributed by atoms with Crippen molar-refractivity contribution >= 4 is 23.6 Å². The van der Waals surface area contributed by atoms with Gasteiger partial charge in [0.2, 0.25) is 0 Å². The molecule has 0 spiro atoms. The third kappa shape index (κ3) is 5.77. The van der Waals surface area contributed by atoms with Crippen molar-refractivity contribution in [3.05, 3.63) is 65.0 Å². The summed E-state index contributed by atoms with van der Waals surface area (Å²) in [6.45, 7) is 8.16. The molecule has 1 N–H and O–H groups in total. The summed E-state index contributed by atoms with van der Waals surface area (Å²) in [5.41, 5.74) is 3.64. The molecule has 180 valence electrons. The normalized spacial score (nSPS) is 11.7. The molecule has 1 aromatic heterocycles. The van der Waals surface area contributed by atoms with Gasteiger partial charge in [0.05, 0.1) is 25.9 Å². The summed E-state index contributed by atoms with van der Waals surface area (Å²) in [6.07, 6.45) is 0.810. The van der Waals surface area contributed by atoms with Crippen LogP contribution in [0, 0.1) is 6.92 Å². The second-order valence-electron chi connectivity index (χ2n) is 7.59. The van der Waals surface area contributed by atoms with Crippen LogP contribution in [-0.2, 0) is 22.5 Å². The maximum Gasteiger partial charge on any atom is 0.319 e. The minimum absolute atomic E-state index is 0.170. The Bertz CT molecular complexity index is 1140. The van der Waals surface area contributed by atoms with E-state index in [-0.39, 0.29) is 18.4 Å². The van der Waals surface area contributed by atoms with Gasteiger partial charge in [-0.2, -0.15) is 0 Å². The SMILES string of the molecule is CCOC(=O)[C@@H](C)Sc1nnc(CNC(=O)c2ccc(OC)cc2)n1-c1c(C)cccc1CC. The number of carbonyl (C=O) groups is 2. The number of aromatic nitrogens is 3. The van der Waals surface area contributed by atoms with Crippen LogP contribution in [0.4, 0.5) is 0 Å². The molecule has 0 saturated carbocycles. The third-order valence-electron chi connectivity index (χ3n) is 5.29. The van der Waals surface area contributed by atoms with Crippen molar-refractivity contribution < 1.29 is 19.1 Å². The molecular weight excluding hydrogens is 452 g/mol. The fourth-order valence-corrected chi connectivity index (χ4v) is 4.38. The van der Waals surface area contributed by atoms with Crippen molar-refractivity contribution in [1.82, 2.24) is 20.1 Å². The molecule has 0 bridgehead atoms. The number of nitrogens with one attached hydrogen (secondary N) is 1. The van der Waals surface area contributed by atoms with Crippen LogP contribution in [0.15, 0.2) is 47.6 Å². The number of ether oxygens (including phenoxy) is 2. The smallest absolute Gasteiger partial charge is 0.319 e. The van der Waals surface area contributed by atoms with Crippen LogP contribution in [-0.4, -0.2) is 45.6 Å². The van der Waals surface area contributed by atoms with E-state index in [9.17, 15) is 9.59 Å². The van der Waals surface area contributed by atoms with E-state index in [0.717, 1.165) is 23.2 Å². The van der Waals surface area contributed by atoms with Gasteiger partial charge >= 0.3 is 5.97 Å². The zero-order valence-corrected chi connectivity index (χ0v) is 20.9. The van der Waals surface area contributed by atoms with Crippen molar-refractivity contribution in [2.75, 3.05) is 13.7 Å². The van der Waals surface area contributed by atoms with Crippen LogP contribution in [0.5, 0.6) is 5.75 Å². The molecule has 1 heterocycles. The molecule has 0 saturated heterocycles. The number of aryl methyl sites for hydroxylation is 2. The summed E-state index contributed by atoms with van der Waals surface area (Å²) >= 11 is 1.28. The molecule has 0 radical (unpaired) electrons. The molecule has 34 heavy (non-hydrogen) atoms. The van der Waals surface area contributed by atoms with Gasteiger partial charge in [-0.1, -0.05) is 36.9 Å². The van der Waals surface area contributed by atoms with E-state index in [4.69, 9.17) is 9.47 Å². The van der Waals surface area contributed by atoms with E-state index in [1.54, 1.807) is 45.2 Å². The number of methoxy groups -OCH3 is 1. The highest BCUT2D eigenvalue weighted by Gasteiger charge is 2.24. The molecule has 1 amide bonds. The Balaban J connectivity index is 1.93. The first kappa shape index (κ1) is 25.3. The zero-order chi connectivity index (χ0) is 24.7. The van der Waals surface area contributed by atoms with Crippen LogP contribution in [0.25, 0.3) is 5.69 Å². The first-order chi connectivity index (χ1) is 16.4. The van der Waals surface area contributed by atoms with Gasteiger partial charge < -0.3 is 14.8 Å². The maximum absolute atomic E-state index is 12.7. The number of benzene rings is 2. The molecule has 0 unspecified atom stereocenters. The van der Waals surface area contributed by atoms with Crippen LogP contribution in [0.2, 0.25) is 0 Å². The lowest BCUT2D eigenvalue weighted by molar-refractivity contribution is -0.142. The number of rotatable bonds is 10. The van der Waals surface area contributed by atoms with Crippen molar-refractivity contribution in [2.24, 2.45) is 0 Å². The Hall–Kier alpha value is -3.33. The summed E-state index contributed by atoms with van der Waals surface area (Å²) in [6, 6.07) is 13.0. The summed E-state index contributed by atoms with van der Waals surface area (Å²) in [5, 5.41) is 11.8. The van der Waals surface area contributed by atoms with Crippen LogP contribution in [0.3, 0.4) is 0 Å². The molecule has 1 atom stereocenters. The third-order valence-corrected chi connectivity index (χ3v) is 6.31. The summed E-state index contributed by atoms with van der Waals surface area (Å²) in [4.78, 5) is 25.0. The molecule has 3 rings (SSSR count). The topological polar surface area (TPSA) is 95.3 Å². The molecule has 8 nitrogen and oxygen atoms in total. The lowest BCUT2D eigenvalue weighted by Crippen LogP contribution is -2.25. The molecular formula is C25H30N4O4S. The minimum Gasteiger partial charge on any atom is -0.497 e. The van der Waals surface area contributed by atoms with Crippen molar-refractivity contribution in [3.63, 3.8) is 0 Å². The quantitative estimate of drug-likeness (QED) is 0.343. The number of carbonyl (C=O) groups excluding carboxylic acids is 2. The van der Waals surface area contributed by atoms with Crippen LogP contribution >= 0.6 is 11.8 Å². The van der Waals surface area contributed by atoms with Crippen molar-refractivity contribution in [2.45, 2.75) is 51.1 Å². The number of para-hydroxylation sites is 1. The van der Waals surface area contributed by atoms with Gasteiger partial charge in [0.15, 0.2) is 11.0 Å². The van der Waals surface area contributed by atoms with E-state index >= 15 is 0 Å². The van der Waals surface area contributed by atoms with E-state index in [0.29, 0.717) is 28.9 Å². The second kappa shape index (κ2) is 11.7. The molecule has 0 aliphatic carbocycles. The highest BCUT2D eigenvalue weighted by molar-refractivity contribution is 8.00. The molecule has 2 aromatic carbocycles. The Labute approximate surface area is 204 Å². The van der Waals surface area contributed by atoms with Gasteiger partial charge in [-0.05, 0) is 62.6 Å². The van der Waals surface area contributed by atoms with Crippen LogP contribution < -0.4 is 10.1 Å². The van der Waals surface area contributed by atoms with E-state index in [2.05, 4.69) is 28.5 Å². The van der Waals surface area contributed by atoms with Gasteiger partial charge in [0.1, 0.15) is 11.0 Å². The van der Waals surface area contributed by atoms with Gasteiger partial charge in [-0.25, -0.2) is 0 Å². The van der Waals surface area contributed by atoms with E-state index in [1.165, 1.54) is 11.8 Å². The number of esters is 1. The predicted octanol–water partition coefficient (Wildman–Crippen LogP) is 4.12. The first-order valence-corrected chi connectivity index (χ1v) is 12.1. The highest BCUT2D eigenvalue weighted by Crippen LogP contribution is 2.30. The fourth-order valence-electron chi connectivity index (χ4n) is 3.51. The molecule has 0 fully saturated rings. The first-order valence-electron chi connectivity index (χ1n) is 11.2. The predicted molar refractivity (Wildman–Crippen MR) is 132 cm³/mol. The number of hydrogen-bond donors (Lipinski definition) is 1. The Morgan fingerprint density at radius 1 is 1.12 bits per heavy atom. The Kier molecular flexibility index (Phi) is 8.70. The molecule has 9 heteroatoms. The average Bonchev–Trinajstić information content (AvgIpc) is 3.24. The van der Waals surface area contributed by atoms with Crippen molar-refractivity contribution in [3.8, 4) is 11.4 Å². The van der Waals surface area contributed by atoms with E-state index in [1.807, 2.05) is 23.6 Å².